The number of fused-ring (bicyclic) bond motifs is 1. The summed E-state index contributed by atoms with van der Waals surface area (Å²) in [7, 11) is 0. The maximum Gasteiger partial charge on any atom is 0.0719 e. The van der Waals surface area contributed by atoms with Crippen LogP contribution in [-0.4, -0.2) is 6.61 Å². The second-order valence-electron chi connectivity index (χ2n) is 3.52. The molecule has 1 heteroatoms. The molecule has 0 spiro atoms. The number of aryl methyl sites for hydroxylation is 2. The van der Waals surface area contributed by atoms with Gasteiger partial charge in [0.15, 0.2) is 0 Å². The van der Waals surface area contributed by atoms with Gasteiger partial charge < -0.3 is 4.74 Å². The molecular formula is C11H14O. The van der Waals surface area contributed by atoms with Gasteiger partial charge in [0.25, 0.3) is 0 Å². The van der Waals surface area contributed by atoms with Crippen LogP contribution in [0.5, 0.6) is 0 Å². The maximum absolute atomic E-state index is 5.41. The molecule has 0 atom stereocenters. The highest BCUT2D eigenvalue weighted by Crippen LogP contribution is 2.21. The zero-order chi connectivity index (χ0) is 8.55. The van der Waals surface area contributed by atoms with E-state index in [9.17, 15) is 0 Å². The summed E-state index contributed by atoms with van der Waals surface area (Å²) in [5.74, 6) is 0. The van der Waals surface area contributed by atoms with Gasteiger partial charge in [-0.15, -0.1) is 0 Å². The van der Waals surface area contributed by atoms with Crippen molar-refractivity contribution in [3.63, 3.8) is 0 Å². The zero-order valence-electron chi connectivity index (χ0n) is 7.68. The molecule has 0 amide bonds. The Balaban J connectivity index is 2.53. The van der Waals surface area contributed by atoms with Crippen LogP contribution in [-0.2, 0) is 17.8 Å². The molecule has 0 bridgehead atoms. The average molecular weight is 162 g/mol. The molecule has 0 unspecified atom stereocenters. The van der Waals surface area contributed by atoms with Crippen LogP contribution in [0.1, 0.15) is 22.3 Å². The van der Waals surface area contributed by atoms with E-state index in [2.05, 4.69) is 26.0 Å². The predicted octanol–water partition coefficient (Wildman–Crippen LogP) is 2.38. The van der Waals surface area contributed by atoms with Gasteiger partial charge in [-0.2, -0.15) is 0 Å². The normalized spacial score (nSPS) is 15.8. The van der Waals surface area contributed by atoms with Gasteiger partial charge in [-0.25, -0.2) is 0 Å². The van der Waals surface area contributed by atoms with Crippen molar-refractivity contribution in [2.75, 3.05) is 6.61 Å². The molecule has 0 aromatic heterocycles. The van der Waals surface area contributed by atoms with Crippen LogP contribution >= 0.6 is 0 Å². The van der Waals surface area contributed by atoms with Crippen LogP contribution in [0.2, 0.25) is 0 Å². The van der Waals surface area contributed by atoms with Crippen molar-refractivity contribution in [1.82, 2.24) is 0 Å². The number of ether oxygens (including phenoxy) is 1. The number of hydrogen-bond acceptors (Lipinski definition) is 1. The van der Waals surface area contributed by atoms with Gasteiger partial charge in [-0.05, 0) is 37.0 Å². The quantitative estimate of drug-likeness (QED) is 0.569. The molecule has 1 heterocycles. The Morgan fingerprint density at radius 1 is 1.25 bits per heavy atom. The van der Waals surface area contributed by atoms with Crippen LogP contribution in [0.3, 0.4) is 0 Å². The summed E-state index contributed by atoms with van der Waals surface area (Å²) < 4.78 is 5.41. The Bertz CT molecular complexity index is 302. The Kier molecular flexibility index (Phi) is 1.89. The first-order chi connectivity index (χ1) is 5.77. The summed E-state index contributed by atoms with van der Waals surface area (Å²) in [6.45, 7) is 6.02. The fourth-order valence-electron chi connectivity index (χ4n) is 1.93. The molecule has 0 saturated carbocycles. The SMILES string of the molecule is Cc1cc(C)c2c(c1)COCC2. The standard InChI is InChI=1S/C11H14O/c1-8-5-9(2)11-3-4-12-7-10(11)6-8/h5-6H,3-4,7H2,1-2H3. The van der Waals surface area contributed by atoms with Crippen molar-refractivity contribution in [1.29, 1.82) is 0 Å². The lowest BCUT2D eigenvalue weighted by atomic mass is 9.96. The van der Waals surface area contributed by atoms with E-state index in [0.717, 1.165) is 19.6 Å². The van der Waals surface area contributed by atoms with Crippen molar-refractivity contribution < 1.29 is 4.74 Å². The van der Waals surface area contributed by atoms with E-state index >= 15 is 0 Å². The highest BCUT2D eigenvalue weighted by molar-refractivity contribution is 5.38. The van der Waals surface area contributed by atoms with Crippen LogP contribution in [0.25, 0.3) is 0 Å². The third kappa shape index (κ3) is 1.25. The van der Waals surface area contributed by atoms with E-state index in [0.29, 0.717) is 0 Å². The van der Waals surface area contributed by atoms with Crippen molar-refractivity contribution in [2.45, 2.75) is 26.9 Å². The molecule has 1 aliphatic rings. The fraction of sp³-hybridized carbons (Fsp3) is 0.455. The lowest BCUT2D eigenvalue weighted by Crippen LogP contribution is -2.11. The Morgan fingerprint density at radius 3 is 2.92 bits per heavy atom. The van der Waals surface area contributed by atoms with E-state index in [1.54, 1.807) is 0 Å². The molecule has 0 N–H and O–H groups in total. The molecule has 0 radical (unpaired) electrons. The first-order valence-corrected chi connectivity index (χ1v) is 4.44. The van der Waals surface area contributed by atoms with Crippen LogP contribution in [0, 0.1) is 13.8 Å². The molecule has 0 fully saturated rings. The van der Waals surface area contributed by atoms with E-state index in [-0.39, 0.29) is 0 Å². The third-order valence-electron chi connectivity index (χ3n) is 2.46. The first kappa shape index (κ1) is 7.81. The summed E-state index contributed by atoms with van der Waals surface area (Å²) >= 11 is 0. The molecule has 1 nitrogen and oxygen atoms in total. The highest BCUT2D eigenvalue weighted by Gasteiger charge is 2.11. The summed E-state index contributed by atoms with van der Waals surface area (Å²) in [4.78, 5) is 0. The minimum atomic E-state index is 0.803. The maximum atomic E-state index is 5.41. The number of benzene rings is 1. The molecule has 0 saturated heterocycles. The summed E-state index contributed by atoms with van der Waals surface area (Å²) in [6.07, 6.45) is 1.08. The van der Waals surface area contributed by atoms with Crippen molar-refractivity contribution in [3.05, 3.63) is 34.4 Å². The topological polar surface area (TPSA) is 9.23 Å². The van der Waals surface area contributed by atoms with E-state index < -0.39 is 0 Å². The molecule has 1 aliphatic heterocycles. The average Bonchev–Trinajstić information content (AvgIpc) is 2.04. The largest absolute Gasteiger partial charge is 0.376 e. The lowest BCUT2D eigenvalue weighted by molar-refractivity contribution is 0.110. The van der Waals surface area contributed by atoms with Gasteiger partial charge in [0.2, 0.25) is 0 Å². The van der Waals surface area contributed by atoms with Gasteiger partial charge in [0.1, 0.15) is 0 Å². The van der Waals surface area contributed by atoms with Crippen LogP contribution < -0.4 is 0 Å². The molecule has 1 aromatic rings. The van der Waals surface area contributed by atoms with Gasteiger partial charge in [-0.3, -0.25) is 0 Å². The number of rotatable bonds is 0. The van der Waals surface area contributed by atoms with Gasteiger partial charge in [-0.1, -0.05) is 17.7 Å². The minimum Gasteiger partial charge on any atom is -0.376 e. The zero-order valence-corrected chi connectivity index (χ0v) is 7.68. The van der Waals surface area contributed by atoms with Gasteiger partial charge in [0, 0.05) is 0 Å². The second-order valence-corrected chi connectivity index (χ2v) is 3.52. The summed E-state index contributed by atoms with van der Waals surface area (Å²) in [5.41, 5.74) is 5.66. The molecule has 0 aliphatic carbocycles. The van der Waals surface area contributed by atoms with Gasteiger partial charge in [0.05, 0.1) is 13.2 Å². The molecule has 12 heavy (non-hydrogen) atoms. The van der Waals surface area contributed by atoms with E-state index in [1.807, 2.05) is 0 Å². The smallest absolute Gasteiger partial charge is 0.0719 e. The number of hydrogen-bond donors (Lipinski definition) is 0. The van der Waals surface area contributed by atoms with Crippen molar-refractivity contribution in [2.24, 2.45) is 0 Å². The Morgan fingerprint density at radius 2 is 2.08 bits per heavy atom. The van der Waals surface area contributed by atoms with E-state index in [4.69, 9.17) is 4.74 Å². The molecule has 64 valence electrons. The minimum absolute atomic E-state index is 0.803. The third-order valence-corrected chi connectivity index (χ3v) is 2.46. The van der Waals surface area contributed by atoms with Gasteiger partial charge >= 0.3 is 0 Å². The lowest BCUT2D eigenvalue weighted by Gasteiger charge is -2.19. The predicted molar refractivity (Wildman–Crippen MR) is 49.3 cm³/mol. The highest BCUT2D eigenvalue weighted by atomic mass is 16.5. The Labute approximate surface area is 73.4 Å². The Hall–Kier alpha value is -0.820. The fourth-order valence-corrected chi connectivity index (χ4v) is 1.93. The monoisotopic (exact) mass is 162 g/mol. The summed E-state index contributed by atoms with van der Waals surface area (Å²) in [5, 5.41) is 0. The van der Waals surface area contributed by atoms with Crippen LogP contribution in [0.4, 0.5) is 0 Å². The molecule has 2 rings (SSSR count). The van der Waals surface area contributed by atoms with E-state index in [1.165, 1.54) is 22.3 Å². The van der Waals surface area contributed by atoms with Crippen molar-refractivity contribution >= 4 is 0 Å². The second kappa shape index (κ2) is 2.91. The summed E-state index contributed by atoms with van der Waals surface area (Å²) in [6, 6.07) is 4.49. The molecule has 1 aromatic carbocycles. The first-order valence-electron chi connectivity index (χ1n) is 4.44. The van der Waals surface area contributed by atoms with Crippen molar-refractivity contribution in [3.8, 4) is 0 Å². The van der Waals surface area contributed by atoms with Crippen LogP contribution in [0.15, 0.2) is 12.1 Å². The molecular weight excluding hydrogens is 148 g/mol.